The maximum atomic E-state index is 10.0. The minimum atomic E-state index is -0.729. The highest BCUT2D eigenvalue weighted by atomic mass is 79.9. The number of hydrogen-bond acceptors (Lipinski definition) is 1. The summed E-state index contributed by atoms with van der Waals surface area (Å²) in [6.45, 7) is 0. The predicted octanol–water partition coefficient (Wildman–Crippen LogP) is 3.11. The Bertz CT molecular complexity index is 391. The number of halogens is 1. The molecule has 15 heavy (non-hydrogen) atoms. The molecule has 2 rings (SSSR count). The van der Waals surface area contributed by atoms with Crippen LogP contribution in [0.4, 0.5) is 0 Å². The third-order valence-electron chi connectivity index (χ3n) is 2.71. The molecule has 1 fully saturated rings. The van der Waals surface area contributed by atoms with Gasteiger partial charge in [-0.05, 0) is 49.9 Å². The van der Waals surface area contributed by atoms with E-state index in [1.165, 1.54) is 0 Å². The van der Waals surface area contributed by atoms with Crippen LogP contribution in [-0.4, -0.2) is 10.7 Å². The van der Waals surface area contributed by atoms with Gasteiger partial charge in [0.05, 0.1) is 0 Å². The number of aliphatic hydroxyl groups is 1. The van der Waals surface area contributed by atoms with Crippen LogP contribution in [0, 0.1) is 11.8 Å². The molecular weight excluding hydrogens is 252 g/mol. The molecule has 0 amide bonds. The second-order valence-corrected chi connectivity index (χ2v) is 4.91. The fourth-order valence-corrected chi connectivity index (χ4v) is 2.07. The lowest BCUT2D eigenvalue weighted by atomic mass is 10.0. The molecule has 1 aliphatic rings. The van der Waals surface area contributed by atoms with Crippen molar-refractivity contribution in [2.45, 2.75) is 31.3 Å². The van der Waals surface area contributed by atoms with Gasteiger partial charge in [0, 0.05) is 10.0 Å². The minimum Gasteiger partial charge on any atom is -0.378 e. The first-order chi connectivity index (χ1) is 7.18. The summed E-state index contributed by atoms with van der Waals surface area (Å²) in [5.74, 6) is 6.02. The van der Waals surface area contributed by atoms with Gasteiger partial charge in [-0.1, -0.05) is 27.8 Å². The third-order valence-corrected chi connectivity index (χ3v) is 3.24. The monoisotopic (exact) mass is 264 g/mol. The number of benzene rings is 1. The van der Waals surface area contributed by atoms with Crippen LogP contribution in [0.25, 0.3) is 0 Å². The number of hydrogen-bond donors (Lipinski definition) is 1. The Hall–Kier alpha value is -0.780. The zero-order valence-corrected chi connectivity index (χ0v) is 10.0. The molecule has 1 aliphatic carbocycles. The Morgan fingerprint density at radius 1 is 1.13 bits per heavy atom. The highest BCUT2D eigenvalue weighted by molar-refractivity contribution is 9.10. The Balaban J connectivity index is 2.14. The smallest absolute Gasteiger partial charge is 0.125 e. The summed E-state index contributed by atoms with van der Waals surface area (Å²) in [4.78, 5) is 0. The first kappa shape index (κ1) is 10.7. The fraction of sp³-hybridized carbons (Fsp3) is 0.385. The van der Waals surface area contributed by atoms with Crippen LogP contribution in [0.2, 0.25) is 0 Å². The van der Waals surface area contributed by atoms with Crippen molar-refractivity contribution < 1.29 is 5.11 Å². The fourth-order valence-electron chi connectivity index (χ4n) is 1.81. The Kier molecular flexibility index (Phi) is 3.14. The molecule has 1 aromatic carbocycles. The van der Waals surface area contributed by atoms with Crippen molar-refractivity contribution in [3.8, 4) is 11.8 Å². The first-order valence-corrected chi connectivity index (χ1v) is 5.98. The number of rotatable bonds is 0. The first-order valence-electron chi connectivity index (χ1n) is 5.19. The van der Waals surface area contributed by atoms with E-state index in [0.717, 1.165) is 35.7 Å². The van der Waals surface area contributed by atoms with Crippen molar-refractivity contribution >= 4 is 15.9 Å². The van der Waals surface area contributed by atoms with Gasteiger partial charge >= 0.3 is 0 Å². The maximum absolute atomic E-state index is 10.0. The van der Waals surface area contributed by atoms with Gasteiger partial charge in [-0.2, -0.15) is 0 Å². The van der Waals surface area contributed by atoms with E-state index in [1.54, 1.807) is 0 Å². The van der Waals surface area contributed by atoms with Crippen molar-refractivity contribution in [1.82, 2.24) is 0 Å². The largest absolute Gasteiger partial charge is 0.378 e. The van der Waals surface area contributed by atoms with Gasteiger partial charge in [0.2, 0.25) is 0 Å². The molecule has 0 spiro atoms. The van der Waals surface area contributed by atoms with E-state index in [-0.39, 0.29) is 0 Å². The lowest BCUT2D eigenvalue weighted by molar-refractivity contribution is 0.110. The Morgan fingerprint density at radius 2 is 1.73 bits per heavy atom. The summed E-state index contributed by atoms with van der Waals surface area (Å²) >= 11 is 3.38. The summed E-state index contributed by atoms with van der Waals surface area (Å²) in [6, 6.07) is 7.83. The molecule has 0 atom stereocenters. The average Bonchev–Trinajstić information content (AvgIpc) is 2.65. The minimum absolute atomic E-state index is 0.729. The predicted molar refractivity (Wildman–Crippen MR) is 64.4 cm³/mol. The zero-order chi connectivity index (χ0) is 10.7. The van der Waals surface area contributed by atoms with Gasteiger partial charge < -0.3 is 5.11 Å². The SMILES string of the molecule is OC1(C#Cc2ccc(Br)cc2)CCCC1. The summed E-state index contributed by atoms with van der Waals surface area (Å²) in [7, 11) is 0. The summed E-state index contributed by atoms with van der Waals surface area (Å²) in [5.41, 5.74) is 0.228. The molecule has 0 aromatic heterocycles. The molecule has 2 heteroatoms. The molecule has 0 bridgehead atoms. The summed E-state index contributed by atoms with van der Waals surface area (Å²) in [5, 5.41) is 10.0. The van der Waals surface area contributed by atoms with Gasteiger partial charge in [-0.25, -0.2) is 0 Å². The summed E-state index contributed by atoms with van der Waals surface area (Å²) in [6.07, 6.45) is 3.81. The molecule has 0 radical (unpaired) electrons. The lowest BCUT2D eigenvalue weighted by Crippen LogP contribution is -2.20. The normalized spacial score (nSPS) is 18.3. The van der Waals surface area contributed by atoms with Crippen molar-refractivity contribution in [1.29, 1.82) is 0 Å². The Morgan fingerprint density at radius 3 is 2.33 bits per heavy atom. The molecule has 1 nitrogen and oxygen atoms in total. The molecule has 0 aliphatic heterocycles. The molecule has 1 saturated carbocycles. The van der Waals surface area contributed by atoms with E-state index in [4.69, 9.17) is 0 Å². The van der Waals surface area contributed by atoms with Crippen LogP contribution >= 0.6 is 15.9 Å². The van der Waals surface area contributed by atoms with Crippen LogP contribution in [-0.2, 0) is 0 Å². The van der Waals surface area contributed by atoms with E-state index in [2.05, 4.69) is 27.8 Å². The standard InChI is InChI=1S/C13H13BrO/c14-12-5-3-11(4-6-12)7-10-13(15)8-1-2-9-13/h3-6,15H,1-2,8-9H2. The van der Waals surface area contributed by atoms with Crippen LogP contribution in [0.15, 0.2) is 28.7 Å². The van der Waals surface area contributed by atoms with E-state index >= 15 is 0 Å². The molecule has 78 valence electrons. The van der Waals surface area contributed by atoms with Gasteiger partial charge in [-0.3, -0.25) is 0 Å². The van der Waals surface area contributed by atoms with Gasteiger partial charge in [0.15, 0.2) is 0 Å². The van der Waals surface area contributed by atoms with Crippen molar-refractivity contribution in [3.63, 3.8) is 0 Å². The molecule has 1 aromatic rings. The topological polar surface area (TPSA) is 20.2 Å². The van der Waals surface area contributed by atoms with Crippen LogP contribution in [0.1, 0.15) is 31.2 Å². The van der Waals surface area contributed by atoms with Gasteiger partial charge in [0.1, 0.15) is 5.60 Å². The van der Waals surface area contributed by atoms with Crippen LogP contribution in [0.5, 0.6) is 0 Å². The highest BCUT2D eigenvalue weighted by Gasteiger charge is 2.28. The van der Waals surface area contributed by atoms with Crippen molar-refractivity contribution in [2.24, 2.45) is 0 Å². The van der Waals surface area contributed by atoms with E-state index < -0.39 is 5.60 Å². The zero-order valence-electron chi connectivity index (χ0n) is 8.46. The quantitative estimate of drug-likeness (QED) is 0.714. The maximum Gasteiger partial charge on any atom is 0.125 e. The molecule has 1 N–H and O–H groups in total. The molecule has 0 saturated heterocycles. The van der Waals surface area contributed by atoms with Crippen LogP contribution in [0.3, 0.4) is 0 Å². The molecule has 0 heterocycles. The second-order valence-electron chi connectivity index (χ2n) is 4.00. The van der Waals surface area contributed by atoms with E-state index in [9.17, 15) is 5.11 Å². The lowest BCUT2D eigenvalue weighted by Gasteiger charge is -2.12. The van der Waals surface area contributed by atoms with E-state index in [0.29, 0.717) is 0 Å². The van der Waals surface area contributed by atoms with Gasteiger partial charge in [0.25, 0.3) is 0 Å². The second kappa shape index (κ2) is 4.38. The van der Waals surface area contributed by atoms with Gasteiger partial charge in [-0.15, -0.1) is 0 Å². The van der Waals surface area contributed by atoms with E-state index in [1.807, 2.05) is 24.3 Å². The Labute approximate surface area is 98.6 Å². The van der Waals surface area contributed by atoms with Crippen molar-refractivity contribution in [3.05, 3.63) is 34.3 Å². The van der Waals surface area contributed by atoms with Crippen molar-refractivity contribution in [2.75, 3.05) is 0 Å². The molecule has 0 unspecified atom stereocenters. The molecular formula is C13H13BrO. The highest BCUT2D eigenvalue weighted by Crippen LogP contribution is 2.28. The third kappa shape index (κ3) is 2.84. The summed E-state index contributed by atoms with van der Waals surface area (Å²) < 4.78 is 1.05. The average molecular weight is 265 g/mol. The van der Waals surface area contributed by atoms with Crippen LogP contribution < -0.4 is 0 Å².